The van der Waals surface area contributed by atoms with E-state index in [1.54, 1.807) is 35.2 Å². The molecule has 0 atom stereocenters. The minimum Gasteiger partial charge on any atom is -0.360 e. The number of imidazole rings is 2. The predicted octanol–water partition coefficient (Wildman–Crippen LogP) is 5.70. The Bertz CT molecular complexity index is 2120. The second-order valence-electron chi connectivity index (χ2n) is 12.0. The number of nitrogens with zero attached hydrogens (tertiary/aromatic N) is 8. The van der Waals surface area contributed by atoms with Crippen LogP contribution in [0.2, 0.25) is 0 Å². The van der Waals surface area contributed by atoms with Crippen molar-refractivity contribution in [2.45, 2.75) is 44.1 Å². The summed E-state index contributed by atoms with van der Waals surface area (Å²) in [6, 6.07) is 14.2. The standard InChI is InChI=1S/C34H28F2N8O3/c35-23-5-3-21(4-6-23)32-33(26-7-8-31-39-24(18-44(31)40-26)16-28(45)22-9-12-37-30(36)15-22)43(19-38-32)25-10-13-42(14-11-25)34(46)27-17-29(47-41-27)20-1-2-20/h3-9,12,15,17-20,25H,1-2,10-11,13-14,16H2. The second kappa shape index (κ2) is 11.6. The summed E-state index contributed by atoms with van der Waals surface area (Å²) in [4.78, 5) is 40.6. The number of carbonyl (C=O) groups excluding carboxylic acids is 2. The van der Waals surface area contributed by atoms with Gasteiger partial charge in [-0.3, -0.25) is 9.59 Å². The molecule has 0 radical (unpaired) electrons. The molecule has 8 rings (SSSR count). The van der Waals surface area contributed by atoms with Crippen molar-refractivity contribution in [3.63, 3.8) is 0 Å². The van der Waals surface area contributed by atoms with Gasteiger partial charge in [0.1, 0.15) is 17.3 Å². The van der Waals surface area contributed by atoms with E-state index in [1.165, 1.54) is 24.4 Å². The van der Waals surface area contributed by atoms with E-state index in [-0.39, 0.29) is 35.5 Å². The summed E-state index contributed by atoms with van der Waals surface area (Å²) < 4.78 is 36.5. The van der Waals surface area contributed by atoms with Crippen molar-refractivity contribution in [2.75, 3.05) is 13.1 Å². The average molecular weight is 635 g/mol. The van der Waals surface area contributed by atoms with Crippen molar-refractivity contribution < 1.29 is 22.9 Å². The Morgan fingerprint density at radius 1 is 0.936 bits per heavy atom. The highest BCUT2D eigenvalue weighted by Crippen LogP contribution is 2.40. The van der Waals surface area contributed by atoms with Crippen molar-refractivity contribution >= 4 is 17.3 Å². The minimum absolute atomic E-state index is 0.0179. The van der Waals surface area contributed by atoms with Crippen molar-refractivity contribution in [1.82, 2.24) is 39.2 Å². The van der Waals surface area contributed by atoms with Gasteiger partial charge in [-0.05, 0) is 68.1 Å². The molecule has 5 aromatic heterocycles. The maximum Gasteiger partial charge on any atom is 0.276 e. The molecule has 1 saturated heterocycles. The van der Waals surface area contributed by atoms with Gasteiger partial charge < -0.3 is 14.0 Å². The number of fused-ring (bicyclic) bond motifs is 1. The summed E-state index contributed by atoms with van der Waals surface area (Å²) in [5.41, 5.74) is 4.30. The van der Waals surface area contributed by atoms with Gasteiger partial charge in [0.2, 0.25) is 5.95 Å². The lowest BCUT2D eigenvalue weighted by Crippen LogP contribution is -2.39. The average Bonchev–Trinajstić information content (AvgIpc) is 3.46. The molecule has 1 aromatic carbocycles. The molecule has 13 heteroatoms. The molecule has 0 N–H and O–H groups in total. The van der Waals surface area contributed by atoms with Gasteiger partial charge in [-0.2, -0.15) is 9.49 Å². The minimum atomic E-state index is -0.722. The molecule has 11 nitrogen and oxygen atoms in total. The molecule has 2 aliphatic rings. The third kappa shape index (κ3) is 5.68. The largest absolute Gasteiger partial charge is 0.360 e. The zero-order valence-electron chi connectivity index (χ0n) is 25.1. The molecule has 1 saturated carbocycles. The van der Waals surface area contributed by atoms with Gasteiger partial charge in [0.15, 0.2) is 17.1 Å². The van der Waals surface area contributed by atoms with Gasteiger partial charge >= 0.3 is 0 Å². The molecule has 0 unspecified atom stereocenters. The predicted molar refractivity (Wildman–Crippen MR) is 164 cm³/mol. The fourth-order valence-corrected chi connectivity index (χ4v) is 6.16. The number of ketones is 1. The first-order chi connectivity index (χ1) is 22.9. The normalized spacial score (nSPS) is 15.4. The van der Waals surface area contributed by atoms with Gasteiger partial charge in [-0.1, -0.05) is 5.16 Å². The number of hydrogen-bond donors (Lipinski definition) is 0. The number of halogens is 2. The molecule has 47 heavy (non-hydrogen) atoms. The van der Waals surface area contributed by atoms with E-state index < -0.39 is 5.95 Å². The fourth-order valence-electron chi connectivity index (χ4n) is 6.16. The monoisotopic (exact) mass is 634 g/mol. The molecule has 0 spiro atoms. The van der Waals surface area contributed by atoms with Gasteiger partial charge in [0.05, 0.1) is 36.0 Å². The van der Waals surface area contributed by atoms with Crippen LogP contribution in [0.5, 0.6) is 0 Å². The van der Waals surface area contributed by atoms with E-state index in [1.807, 2.05) is 17.0 Å². The number of carbonyl (C=O) groups is 2. The highest BCUT2D eigenvalue weighted by molar-refractivity contribution is 5.97. The number of benzene rings is 1. The van der Waals surface area contributed by atoms with Gasteiger partial charge in [0.25, 0.3) is 5.91 Å². The number of hydrogen-bond acceptors (Lipinski definition) is 8. The summed E-state index contributed by atoms with van der Waals surface area (Å²) in [5, 5.41) is 8.88. The van der Waals surface area contributed by atoms with E-state index >= 15 is 0 Å². The van der Waals surface area contributed by atoms with Crippen LogP contribution in [0.4, 0.5) is 8.78 Å². The lowest BCUT2D eigenvalue weighted by Gasteiger charge is -2.33. The third-order valence-electron chi connectivity index (χ3n) is 8.79. The van der Waals surface area contributed by atoms with E-state index in [0.29, 0.717) is 60.3 Å². The lowest BCUT2D eigenvalue weighted by molar-refractivity contribution is 0.0684. The number of Topliss-reactive ketones (excluding diaryl/α,β-unsaturated/α-hetero) is 1. The Morgan fingerprint density at radius 3 is 2.51 bits per heavy atom. The topological polar surface area (TPSA) is 124 Å². The quantitative estimate of drug-likeness (QED) is 0.154. The number of aromatic nitrogens is 7. The molecule has 0 bridgehead atoms. The molecular formula is C34H28F2N8O3. The number of amides is 1. The molecular weight excluding hydrogens is 606 g/mol. The van der Waals surface area contributed by atoms with Crippen molar-refractivity contribution in [1.29, 1.82) is 0 Å². The molecule has 2 fully saturated rings. The SMILES string of the molecule is O=C(Cc1cn2nc(-c3c(-c4ccc(F)cc4)ncn3C3CCN(C(=O)c4cc(C5CC5)on4)CC3)ccc2n1)c1ccnc(F)c1. The molecule has 6 aromatic rings. The zero-order valence-corrected chi connectivity index (χ0v) is 25.1. The first-order valence-corrected chi connectivity index (χ1v) is 15.5. The zero-order chi connectivity index (χ0) is 32.1. The van der Waals surface area contributed by atoms with Crippen LogP contribution < -0.4 is 0 Å². The molecule has 1 amide bonds. The Morgan fingerprint density at radius 2 is 1.74 bits per heavy atom. The van der Waals surface area contributed by atoms with Crippen LogP contribution in [-0.4, -0.2) is 64.0 Å². The highest BCUT2D eigenvalue weighted by Gasteiger charge is 2.32. The summed E-state index contributed by atoms with van der Waals surface area (Å²) in [5.74, 6) is -0.328. The summed E-state index contributed by atoms with van der Waals surface area (Å²) in [6.45, 7) is 1.07. The Labute approximate surface area is 266 Å². The summed E-state index contributed by atoms with van der Waals surface area (Å²) in [6.07, 6.45) is 8.17. The van der Waals surface area contributed by atoms with E-state index in [2.05, 4.69) is 19.7 Å². The Balaban J connectivity index is 1.08. The van der Waals surface area contributed by atoms with E-state index in [9.17, 15) is 18.4 Å². The van der Waals surface area contributed by atoms with Crippen molar-refractivity contribution in [3.05, 3.63) is 108 Å². The third-order valence-corrected chi connectivity index (χ3v) is 8.79. The fraction of sp³-hybridized carbons (Fsp3) is 0.265. The molecule has 6 heterocycles. The Kier molecular flexibility index (Phi) is 7.15. The molecule has 236 valence electrons. The van der Waals surface area contributed by atoms with Crippen LogP contribution in [0.15, 0.2) is 77.8 Å². The maximum atomic E-state index is 13.8. The van der Waals surface area contributed by atoms with E-state index in [0.717, 1.165) is 35.9 Å². The molecule has 1 aliphatic heterocycles. The van der Waals surface area contributed by atoms with Gasteiger partial charge in [-0.25, -0.2) is 23.9 Å². The van der Waals surface area contributed by atoms with Gasteiger partial charge in [0, 0.05) is 54.5 Å². The Hall–Kier alpha value is -5.59. The second-order valence-corrected chi connectivity index (χ2v) is 12.0. The van der Waals surface area contributed by atoms with E-state index in [4.69, 9.17) is 14.6 Å². The van der Waals surface area contributed by atoms with Crippen LogP contribution in [0, 0.1) is 11.8 Å². The number of piperidine rings is 1. The van der Waals surface area contributed by atoms with Crippen LogP contribution in [0.25, 0.3) is 28.3 Å². The molecule has 1 aliphatic carbocycles. The smallest absolute Gasteiger partial charge is 0.276 e. The number of rotatable bonds is 8. The first kappa shape index (κ1) is 28.9. The highest BCUT2D eigenvalue weighted by atomic mass is 19.1. The first-order valence-electron chi connectivity index (χ1n) is 15.5. The maximum absolute atomic E-state index is 13.8. The van der Waals surface area contributed by atoms with Crippen LogP contribution >= 0.6 is 0 Å². The number of pyridine rings is 1. The van der Waals surface area contributed by atoms with Crippen molar-refractivity contribution in [2.24, 2.45) is 0 Å². The van der Waals surface area contributed by atoms with Crippen molar-refractivity contribution in [3.8, 4) is 22.6 Å². The van der Waals surface area contributed by atoms with Crippen LogP contribution in [0.3, 0.4) is 0 Å². The van der Waals surface area contributed by atoms with Crippen LogP contribution in [0.1, 0.15) is 69.9 Å². The lowest BCUT2D eigenvalue weighted by atomic mass is 10.0. The van der Waals surface area contributed by atoms with Gasteiger partial charge in [-0.15, -0.1) is 0 Å². The summed E-state index contributed by atoms with van der Waals surface area (Å²) in [7, 11) is 0. The summed E-state index contributed by atoms with van der Waals surface area (Å²) >= 11 is 0. The number of likely N-dealkylation sites (tertiary alicyclic amines) is 1. The van der Waals surface area contributed by atoms with Crippen LogP contribution in [-0.2, 0) is 6.42 Å².